The van der Waals surface area contributed by atoms with Crippen LogP contribution < -0.4 is 5.32 Å². The normalized spacial score (nSPS) is 10.2. The lowest BCUT2D eigenvalue weighted by Gasteiger charge is -2.03. The van der Waals surface area contributed by atoms with Gasteiger partial charge in [-0.05, 0) is 18.6 Å². The van der Waals surface area contributed by atoms with Crippen LogP contribution in [-0.4, -0.2) is 31.9 Å². The predicted molar refractivity (Wildman–Crippen MR) is 55.3 cm³/mol. The minimum atomic E-state index is 0.757. The molecule has 0 spiro atoms. The van der Waals surface area contributed by atoms with Crippen molar-refractivity contribution < 1.29 is 0 Å². The molecule has 0 amide bonds. The summed E-state index contributed by atoms with van der Waals surface area (Å²) in [5.74, 6) is 1.65. The van der Waals surface area contributed by atoms with Gasteiger partial charge in [-0.2, -0.15) is 10.2 Å². The molecule has 2 rings (SSSR count). The van der Waals surface area contributed by atoms with E-state index in [0.29, 0.717) is 0 Å². The number of anilines is 1. The van der Waals surface area contributed by atoms with Crippen molar-refractivity contribution in [3.63, 3.8) is 0 Å². The molecule has 15 heavy (non-hydrogen) atoms. The molecule has 78 valence electrons. The van der Waals surface area contributed by atoms with Gasteiger partial charge in [-0.15, -0.1) is 5.10 Å². The van der Waals surface area contributed by atoms with E-state index in [9.17, 15) is 0 Å². The second kappa shape index (κ2) is 4.50. The Morgan fingerprint density at radius 1 is 1.47 bits per heavy atom. The van der Waals surface area contributed by atoms with Gasteiger partial charge in [0.1, 0.15) is 18.0 Å². The highest BCUT2D eigenvalue weighted by Gasteiger charge is 1.97. The van der Waals surface area contributed by atoms with Gasteiger partial charge in [0.25, 0.3) is 0 Å². The Hall–Kier alpha value is -1.98. The maximum Gasteiger partial charge on any atom is 0.148 e. The molecule has 0 unspecified atom stereocenters. The summed E-state index contributed by atoms with van der Waals surface area (Å²) in [6.45, 7) is 2.74. The molecule has 0 saturated carbocycles. The highest BCUT2D eigenvalue weighted by molar-refractivity contribution is 5.34. The predicted octanol–water partition coefficient (Wildman–Crippen LogP) is 0.558. The van der Waals surface area contributed by atoms with E-state index in [-0.39, 0.29) is 0 Å². The Balaban J connectivity index is 1.83. The first-order chi connectivity index (χ1) is 7.34. The first-order valence-electron chi connectivity index (χ1n) is 4.72. The first kappa shape index (κ1) is 9.57. The van der Waals surface area contributed by atoms with E-state index in [4.69, 9.17) is 0 Å². The van der Waals surface area contributed by atoms with Gasteiger partial charge in [0.15, 0.2) is 0 Å². The molecule has 0 aliphatic heterocycles. The molecule has 6 nitrogen and oxygen atoms in total. The van der Waals surface area contributed by atoms with E-state index >= 15 is 0 Å². The number of nitrogens with zero attached hydrogens (tertiary/aromatic N) is 4. The zero-order valence-electron chi connectivity index (χ0n) is 8.44. The van der Waals surface area contributed by atoms with Gasteiger partial charge in [-0.1, -0.05) is 0 Å². The largest absolute Gasteiger partial charge is 0.368 e. The van der Waals surface area contributed by atoms with E-state index in [1.54, 1.807) is 6.20 Å². The van der Waals surface area contributed by atoms with Crippen molar-refractivity contribution in [3.8, 4) is 0 Å². The quantitative estimate of drug-likeness (QED) is 0.760. The molecule has 0 bridgehead atoms. The monoisotopic (exact) mass is 204 g/mol. The molecule has 0 aliphatic rings. The number of aryl methyl sites for hydroxylation is 1. The summed E-state index contributed by atoms with van der Waals surface area (Å²) in [7, 11) is 0. The fourth-order valence-electron chi connectivity index (χ4n) is 1.21. The van der Waals surface area contributed by atoms with Gasteiger partial charge in [-0.3, -0.25) is 5.10 Å². The van der Waals surface area contributed by atoms with Gasteiger partial charge >= 0.3 is 0 Å². The third-order valence-electron chi connectivity index (χ3n) is 1.92. The van der Waals surface area contributed by atoms with Crippen LogP contribution in [0.2, 0.25) is 0 Å². The number of rotatable bonds is 4. The SMILES string of the molecule is Cc1cnnc(NCCc2ncn[nH]2)c1. The van der Waals surface area contributed by atoms with Crippen LogP contribution in [-0.2, 0) is 6.42 Å². The van der Waals surface area contributed by atoms with Gasteiger partial charge in [-0.25, -0.2) is 4.98 Å². The van der Waals surface area contributed by atoms with Crippen LogP contribution in [0.4, 0.5) is 5.82 Å². The van der Waals surface area contributed by atoms with E-state index in [1.807, 2.05) is 13.0 Å². The van der Waals surface area contributed by atoms with E-state index in [1.165, 1.54) is 6.33 Å². The molecule has 0 radical (unpaired) electrons. The Morgan fingerprint density at radius 3 is 3.13 bits per heavy atom. The molecule has 2 heterocycles. The van der Waals surface area contributed by atoms with Gasteiger partial charge in [0, 0.05) is 13.0 Å². The van der Waals surface area contributed by atoms with Crippen LogP contribution in [0.25, 0.3) is 0 Å². The smallest absolute Gasteiger partial charge is 0.148 e. The van der Waals surface area contributed by atoms with Crippen molar-refractivity contribution >= 4 is 5.82 Å². The van der Waals surface area contributed by atoms with Gasteiger partial charge < -0.3 is 5.32 Å². The third kappa shape index (κ3) is 2.73. The standard InChI is InChI=1S/C9H12N6/c1-7-4-9(15-12-5-7)10-3-2-8-11-6-13-14-8/h4-6H,2-3H2,1H3,(H,10,15)(H,11,13,14). The zero-order valence-corrected chi connectivity index (χ0v) is 8.44. The van der Waals surface area contributed by atoms with Crippen molar-refractivity contribution in [1.82, 2.24) is 25.4 Å². The summed E-state index contributed by atoms with van der Waals surface area (Å²) in [4.78, 5) is 4.02. The fraction of sp³-hybridized carbons (Fsp3) is 0.333. The van der Waals surface area contributed by atoms with E-state index in [2.05, 4.69) is 30.7 Å². The molecule has 2 aromatic rings. The molecule has 0 fully saturated rings. The topological polar surface area (TPSA) is 79.4 Å². The van der Waals surface area contributed by atoms with Crippen LogP contribution in [0.3, 0.4) is 0 Å². The molecular formula is C9H12N6. The highest BCUT2D eigenvalue weighted by atomic mass is 15.2. The minimum absolute atomic E-state index is 0.757. The zero-order chi connectivity index (χ0) is 10.5. The lowest BCUT2D eigenvalue weighted by atomic mass is 10.3. The maximum atomic E-state index is 4.02. The van der Waals surface area contributed by atoms with Crippen LogP contribution in [0.5, 0.6) is 0 Å². The summed E-state index contributed by atoms with van der Waals surface area (Å²) >= 11 is 0. The fourth-order valence-corrected chi connectivity index (χ4v) is 1.21. The Kier molecular flexibility index (Phi) is 2.87. The van der Waals surface area contributed by atoms with Crippen molar-refractivity contribution in [2.45, 2.75) is 13.3 Å². The summed E-state index contributed by atoms with van der Waals surface area (Å²) in [5.41, 5.74) is 1.09. The van der Waals surface area contributed by atoms with Crippen LogP contribution in [0.1, 0.15) is 11.4 Å². The molecule has 0 saturated heterocycles. The minimum Gasteiger partial charge on any atom is -0.368 e. The van der Waals surface area contributed by atoms with Crippen LogP contribution in [0.15, 0.2) is 18.6 Å². The summed E-state index contributed by atoms with van der Waals surface area (Å²) in [5, 5.41) is 17.5. The number of aromatic amines is 1. The molecule has 2 N–H and O–H groups in total. The number of aromatic nitrogens is 5. The number of hydrogen-bond donors (Lipinski definition) is 2. The first-order valence-corrected chi connectivity index (χ1v) is 4.72. The average molecular weight is 204 g/mol. The van der Waals surface area contributed by atoms with Crippen molar-refractivity contribution in [2.24, 2.45) is 0 Å². The lowest BCUT2D eigenvalue weighted by molar-refractivity contribution is 0.888. The second-order valence-electron chi connectivity index (χ2n) is 3.23. The Morgan fingerprint density at radius 2 is 2.40 bits per heavy atom. The summed E-state index contributed by atoms with van der Waals surface area (Å²) in [6, 6.07) is 1.95. The molecule has 0 aliphatic carbocycles. The lowest BCUT2D eigenvalue weighted by Crippen LogP contribution is -2.07. The number of H-pyrrole nitrogens is 1. The van der Waals surface area contributed by atoms with Gasteiger partial charge in [0.05, 0.1) is 6.20 Å². The molecular weight excluding hydrogens is 192 g/mol. The molecule has 2 aromatic heterocycles. The molecule has 0 aromatic carbocycles. The number of nitrogens with one attached hydrogen (secondary N) is 2. The molecule has 6 heteroatoms. The Bertz CT molecular complexity index is 410. The number of hydrogen-bond acceptors (Lipinski definition) is 5. The highest BCUT2D eigenvalue weighted by Crippen LogP contribution is 2.02. The average Bonchev–Trinajstić information content (AvgIpc) is 2.71. The summed E-state index contributed by atoms with van der Waals surface area (Å²) < 4.78 is 0. The van der Waals surface area contributed by atoms with Crippen LogP contribution >= 0.6 is 0 Å². The summed E-state index contributed by atoms with van der Waals surface area (Å²) in [6.07, 6.45) is 4.01. The maximum absolute atomic E-state index is 4.02. The van der Waals surface area contributed by atoms with Crippen LogP contribution in [0, 0.1) is 6.92 Å². The van der Waals surface area contributed by atoms with Crippen molar-refractivity contribution in [2.75, 3.05) is 11.9 Å². The van der Waals surface area contributed by atoms with Crippen molar-refractivity contribution in [1.29, 1.82) is 0 Å². The van der Waals surface area contributed by atoms with Gasteiger partial charge in [0.2, 0.25) is 0 Å². The third-order valence-corrected chi connectivity index (χ3v) is 1.92. The van der Waals surface area contributed by atoms with Crippen molar-refractivity contribution in [3.05, 3.63) is 30.0 Å². The van der Waals surface area contributed by atoms with E-state index in [0.717, 1.165) is 30.2 Å². The molecule has 0 atom stereocenters. The Labute approximate surface area is 87.2 Å². The second-order valence-corrected chi connectivity index (χ2v) is 3.23. The van der Waals surface area contributed by atoms with E-state index < -0.39 is 0 Å².